The second kappa shape index (κ2) is 4.51. The fraction of sp³-hybridized carbons (Fsp3) is 1.00. The van der Waals surface area contributed by atoms with Crippen LogP contribution in [0, 0.1) is 22.7 Å². The van der Waals surface area contributed by atoms with Crippen LogP contribution in [0.3, 0.4) is 0 Å². The van der Waals surface area contributed by atoms with Crippen molar-refractivity contribution in [2.45, 2.75) is 78.2 Å². The maximum atomic E-state index is 4.00. The Hall–Kier alpha value is -0.0400. The van der Waals surface area contributed by atoms with Crippen LogP contribution < -0.4 is 5.32 Å². The van der Waals surface area contributed by atoms with Crippen molar-refractivity contribution in [3.8, 4) is 0 Å². The van der Waals surface area contributed by atoms with Crippen LogP contribution >= 0.6 is 0 Å². The van der Waals surface area contributed by atoms with Crippen LogP contribution in [-0.2, 0) is 0 Å². The summed E-state index contributed by atoms with van der Waals surface area (Å²) < 4.78 is 0. The van der Waals surface area contributed by atoms with Crippen molar-refractivity contribution in [3.05, 3.63) is 0 Å². The zero-order valence-electron chi connectivity index (χ0n) is 12.6. The van der Waals surface area contributed by atoms with Gasteiger partial charge < -0.3 is 5.32 Å². The molecule has 3 fully saturated rings. The molecule has 2 atom stereocenters. The lowest BCUT2D eigenvalue weighted by atomic mass is 9.69. The van der Waals surface area contributed by atoms with Crippen LogP contribution in [0.2, 0.25) is 0 Å². The average molecular weight is 249 g/mol. The van der Waals surface area contributed by atoms with E-state index in [4.69, 9.17) is 0 Å². The summed E-state index contributed by atoms with van der Waals surface area (Å²) >= 11 is 0. The fourth-order valence-corrected chi connectivity index (χ4v) is 4.33. The summed E-state index contributed by atoms with van der Waals surface area (Å²) in [5.41, 5.74) is 1.24. The molecule has 0 saturated heterocycles. The number of hydrogen-bond acceptors (Lipinski definition) is 1. The average Bonchev–Trinajstić information content (AvgIpc) is 3.17. The van der Waals surface area contributed by atoms with Gasteiger partial charge in [0.1, 0.15) is 0 Å². The van der Waals surface area contributed by atoms with Gasteiger partial charge in [0.05, 0.1) is 0 Å². The van der Waals surface area contributed by atoms with E-state index in [1.165, 1.54) is 57.9 Å². The Balaban J connectivity index is 1.56. The summed E-state index contributed by atoms with van der Waals surface area (Å²) in [5, 5.41) is 4.00. The maximum Gasteiger partial charge on any atom is 0.0101 e. The molecule has 0 aromatic heterocycles. The molecule has 3 saturated carbocycles. The third-order valence-electron chi connectivity index (χ3n) is 5.93. The van der Waals surface area contributed by atoms with Gasteiger partial charge in [-0.3, -0.25) is 0 Å². The van der Waals surface area contributed by atoms with Crippen molar-refractivity contribution in [1.29, 1.82) is 0 Å². The first-order chi connectivity index (χ1) is 8.51. The fourth-order valence-electron chi connectivity index (χ4n) is 4.33. The highest BCUT2D eigenvalue weighted by molar-refractivity contribution is 5.05. The molecule has 0 bridgehead atoms. The predicted molar refractivity (Wildman–Crippen MR) is 77.6 cm³/mol. The van der Waals surface area contributed by atoms with Crippen LogP contribution in [0.1, 0.15) is 72.1 Å². The van der Waals surface area contributed by atoms with E-state index >= 15 is 0 Å². The molecule has 0 aromatic carbocycles. The first kappa shape index (κ1) is 13.0. The molecule has 18 heavy (non-hydrogen) atoms. The molecule has 0 aromatic rings. The van der Waals surface area contributed by atoms with E-state index < -0.39 is 0 Å². The lowest BCUT2D eigenvalue weighted by Crippen LogP contribution is -2.46. The molecular formula is C17H31N. The van der Waals surface area contributed by atoms with Gasteiger partial charge in [0.15, 0.2) is 0 Å². The van der Waals surface area contributed by atoms with Gasteiger partial charge in [0.25, 0.3) is 0 Å². The van der Waals surface area contributed by atoms with Gasteiger partial charge in [-0.2, -0.15) is 0 Å². The second-order valence-electron chi connectivity index (χ2n) is 8.38. The van der Waals surface area contributed by atoms with Gasteiger partial charge in [-0.15, -0.1) is 0 Å². The zero-order chi connectivity index (χ0) is 12.8. The summed E-state index contributed by atoms with van der Waals surface area (Å²) in [7, 11) is 0. The zero-order valence-corrected chi connectivity index (χ0v) is 12.6. The van der Waals surface area contributed by atoms with Crippen molar-refractivity contribution >= 4 is 0 Å². The summed E-state index contributed by atoms with van der Waals surface area (Å²) in [5.74, 6) is 1.99. The van der Waals surface area contributed by atoms with E-state index in [1.54, 1.807) is 0 Å². The quantitative estimate of drug-likeness (QED) is 0.780. The minimum atomic E-state index is 0.481. The molecule has 1 nitrogen and oxygen atoms in total. The van der Waals surface area contributed by atoms with Crippen molar-refractivity contribution in [1.82, 2.24) is 5.32 Å². The standard InChI is InChI=1S/C17H31N/c1-16(2,3)14-6-4-5-7-15(14)18-12-17(10-11-17)13-8-9-13/h13-15,18H,4-12H2,1-3H3. The monoisotopic (exact) mass is 249 g/mol. The summed E-state index contributed by atoms with van der Waals surface area (Å²) in [6.07, 6.45) is 11.8. The lowest BCUT2D eigenvalue weighted by Gasteiger charge is -2.41. The highest BCUT2D eigenvalue weighted by Gasteiger charge is 2.53. The van der Waals surface area contributed by atoms with Crippen molar-refractivity contribution in [2.75, 3.05) is 6.54 Å². The third kappa shape index (κ3) is 2.61. The predicted octanol–water partition coefficient (Wildman–Crippen LogP) is 4.37. The molecule has 1 heteroatoms. The van der Waals surface area contributed by atoms with Crippen LogP contribution in [0.15, 0.2) is 0 Å². The van der Waals surface area contributed by atoms with E-state index in [0.29, 0.717) is 5.41 Å². The van der Waals surface area contributed by atoms with E-state index in [-0.39, 0.29) is 0 Å². The highest BCUT2D eigenvalue weighted by atomic mass is 15.0. The highest BCUT2D eigenvalue weighted by Crippen LogP contribution is 2.61. The molecule has 0 amide bonds. The third-order valence-corrected chi connectivity index (χ3v) is 5.93. The summed E-state index contributed by atoms with van der Waals surface area (Å²) in [6, 6.07) is 0.801. The Morgan fingerprint density at radius 1 is 1.00 bits per heavy atom. The van der Waals surface area contributed by atoms with Gasteiger partial charge in [0.2, 0.25) is 0 Å². The van der Waals surface area contributed by atoms with E-state index in [0.717, 1.165) is 23.3 Å². The van der Waals surface area contributed by atoms with Crippen molar-refractivity contribution < 1.29 is 0 Å². The molecule has 1 N–H and O–H groups in total. The lowest BCUT2D eigenvalue weighted by molar-refractivity contribution is 0.125. The first-order valence-electron chi connectivity index (χ1n) is 8.25. The maximum absolute atomic E-state index is 4.00. The molecule has 3 rings (SSSR count). The minimum absolute atomic E-state index is 0.481. The van der Waals surface area contributed by atoms with E-state index in [2.05, 4.69) is 26.1 Å². The Morgan fingerprint density at radius 3 is 2.22 bits per heavy atom. The number of nitrogens with one attached hydrogen (secondary N) is 1. The van der Waals surface area contributed by atoms with Crippen LogP contribution in [0.5, 0.6) is 0 Å². The van der Waals surface area contributed by atoms with Gasteiger partial charge in [0, 0.05) is 12.6 Å². The van der Waals surface area contributed by atoms with Crippen molar-refractivity contribution in [3.63, 3.8) is 0 Å². The Bertz CT molecular complexity index is 293. The second-order valence-corrected chi connectivity index (χ2v) is 8.38. The smallest absolute Gasteiger partial charge is 0.0101 e. The first-order valence-corrected chi connectivity index (χ1v) is 8.25. The Morgan fingerprint density at radius 2 is 1.67 bits per heavy atom. The topological polar surface area (TPSA) is 12.0 Å². The molecule has 0 spiro atoms. The minimum Gasteiger partial charge on any atom is -0.313 e. The van der Waals surface area contributed by atoms with Gasteiger partial charge >= 0.3 is 0 Å². The summed E-state index contributed by atoms with van der Waals surface area (Å²) in [6.45, 7) is 8.64. The molecular weight excluding hydrogens is 218 g/mol. The Kier molecular flexibility index (Phi) is 3.25. The van der Waals surface area contributed by atoms with Crippen LogP contribution in [0.4, 0.5) is 0 Å². The SMILES string of the molecule is CC(C)(C)C1CCCCC1NCC1(C2CC2)CC1. The van der Waals surface area contributed by atoms with E-state index in [1.807, 2.05) is 0 Å². The number of hydrogen-bond donors (Lipinski definition) is 1. The Labute approximate surface area is 113 Å². The van der Waals surface area contributed by atoms with Crippen LogP contribution in [-0.4, -0.2) is 12.6 Å². The molecule has 2 unspecified atom stereocenters. The van der Waals surface area contributed by atoms with E-state index in [9.17, 15) is 0 Å². The molecule has 3 aliphatic carbocycles. The largest absolute Gasteiger partial charge is 0.313 e. The molecule has 0 aliphatic heterocycles. The van der Waals surface area contributed by atoms with Crippen LogP contribution in [0.25, 0.3) is 0 Å². The van der Waals surface area contributed by atoms with Crippen molar-refractivity contribution in [2.24, 2.45) is 22.7 Å². The summed E-state index contributed by atoms with van der Waals surface area (Å²) in [4.78, 5) is 0. The number of rotatable bonds is 4. The normalized spacial score (nSPS) is 35.5. The molecule has 3 aliphatic rings. The van der Waals surface area contributed by atoms with Gasteiger partial charge in [-0.25, -0.2) is 0 Å². The van der Waals surface area contributed by atoms with Gasteiger partial charge in [-0.05, 0) is 61.2 Å². The molecule has 104 valence electrons. The molecule has 0 radical (unpaired) electrons. The van der Waals surface area contributed by atoms with Gasteiger partial charge in [-0.1, -0.05) is 33.6 Å². The molecule has 0 heterocycles.